The Balaban J connectivity index is 2.28. The minimum atomic E-state index is -0.0681. The van der Waals surface area contributed by atoms with Crippen LogP contribution in [0.1, 0.15) is 39.5 Å². The second-order valence-corrected chi connectivity index (χ2v) is 5.41. The number of alkyl halides is 1. The van der Waals surface area contributed by atoms with Gasteiger partial charge in [0, 0.05) is 6.54 Å². The van der Waals surface area contributed by atoms with Crippen LogP contribution in [0.25, 0.3) is 0 Å². The summed E-state index contributed by atoms with van der Waals surface area (Å²) in [5.74, 6) is 0.111. The highest BCUT2D eigenvalue weighted by atomic mass is 79.9. The lowest BCUT2D eigenvalue weighted by Gasteiger charge is -2.41. The van der Waals surface area contributed by atoms with Gasteiger partial charge in [-0.1, -0.05) is 29.3 Å². The van der Waals surface area contributed by atoms with E-state index >= 15 is 0 Å². The van der Waals surface area contributed by atoms with E-state index in [-0.39, 0.29) is 10.7 Å². The van der Waals surface area contributed by atoms with Crippen molar-refractivity contribution in [3.63, 3.8) is 0 Å². The second kappa shape index (κ2) is 4.45. The van der Waals surface area contributed by atoms with Gasteiger partial charge in [0.2, 0.25) is 5.91 Å². The van der Waals surface area contributed by atoms with Crippen LogP contribution in [0.2, 0.25) is 0 Å². The van der Waals surface area contributed by atoms with Crippen molar-refractivity contribution in [1.29, 1.82) is 0 Å². The first-order valence-electron chi connectivity index (χ1n) is 5.01. The Bertz CT molecular complexity index is 182. The molecular formula is C10H18BrNO. The van der Waals surface area contributed by atoms with Crippen LogP contribution in [0.15, 0.2) is 0 Å². The normalized spacial score (nSPS) is 21.8. The SMILES string of the molecule is CCC1(CNC(=O)C(C)Br)CCC1. The Morgan fingerprint density at radius 3 is 2.54 bits per heavy atom. The summed E-state index contributed by atoms with van der Waals surface area (Å²) in [6.45, 7) is 4.93. The van der Waals surface area contributed by atoms with E-state index in [1.807, 2.05) is 6.92 Å². The molecule has 1 aliphatic rings. The minimum absolute atomic E-state index is 0.0681. The molecule has 0 aromatic heterocycles. The fourth-order valence-electron chi connectivity index (χ4n) is 1.75. The van der Waals surface area contributed by atoms with Gasteiger partial charge in [0.1, 0.15) is 0 Å². The summed E-state index contributed by atoms with van der Waals surface area (Å²) < 4.78 is 0. The van der Waals surface area contributed by atoms with Gasteiger partial charge in [0.15, 0.2) is 0 Å². The summed E-state index contributed by atoms with van der Waals surface area (Å²) >= 11 is 3.26. The molecule has 13 heavy (non-hydrogen) atoms. The molecule has 1 fully saturated rings. The molecule has 0 aromatic rings. The molecular weight excluding hydrogens is 230 g/mol. The molecule has 3 heteroatoms. The van der Waals surface area contributed by atoms with Gasteiger partial charge in [0.05, 0.1) is 4.83 Å². The third kappa shape index (κ3) is 2.70. The lowest BCUT2D eigenvalue weighted by molar-refractivity contribution is -0.121. The molecule has 1 amide bonds. The van der Waals surface area contributed by atoms with Crippen LogP contribution in [-0.4, -0.2) is 17.3 Å². The largest absolute Gasteiger partial charge is 0.355 e. The molecule has 1 N–H and O–H groups in total. The third-order valence-electron chi connectivity index (χ3n) is 3.16. The first-order chi connectivity index (χ1) is 6.09. The average molecular weight is 248 g/mol. The molecule has 1 unspecified atom stereocenters. The molecule has 0 bridgehead atoms. The maximum Gasteiger partial charge on any atom is 0.233 e. The van der Waals surface area contributed by atoms with Gasteiger partial charge in [-0.15, -0.1) is 0 Å². The topological polar surface area (TPSA) is 29.1 Å². The van der Waals surface area contributed by atoms with Crippen molar-refractivity contribution in [3.8, 4) is 0 Å². The van der Waals surface area contributed by atoms with Crippen molar-refractivity contribution < 1.29 is 4.79 Å². The molecule has 0 radical (unpaired) electrons. The standard InChI is InChI=1S/C10H18BrNO/c1-3-10(5-4-6-10)7-12-9(13)8(2)11/h8H,3-7H2,1-2H3,(H,12,13). The Labute approximate surface area is 88.6 Å². The van der Waals surface area contributed by atoms with E-state index in [2.05, 4.69) is 28.2 Å². The monoisotopic (exact) mass is 247 g/mol. The molecule has 0 saturated heterocycles. The predicted molar refractivity (Wildman–Crippen MR) is 58.0 cm³/mol. The van der Waals surface area contributed by atoms with E-state index in [9.17, 15) is 4.79 Å². The summed E-state index contributed by atoms with van der Waals surface area (Å²) in [5.41, 5.74) is 0.428. The fourth-order valence-corrected chi connectivity index (χ4v) is 1.91. The Hall–Kier alpha value is -0.0500. The van der Waals surface area contributed by atoms with Gasteiger partial charge in [0.25, 0.3) is 0 Å². The highest BCUT2D eigenvalue weighted by molar-refractivity contribution is 9.10. The van der Waals surface area contributed by atoms with Crippen LogP contribution in [-0.2, 0) is 4.79 Å². The van der Waals surface area contributed by atoms with Crippen LogP contribution in [0.5, 0.6) is 0 Å². The van der Waals surface area contributed by atoms with Crippen LogP contribution in [0.4, 0.5) is 0 Å². The summed E-state index contributed by atoms with van der Waals surface area (Å²) in [6.07, 6.45) is 5.07. The van der Waals surface area contributed by atoms with E-state index in [1.165, 1.54) is 25.7 Å². The van der Waals surface area contributed by atoms with Crippen LogP contribution < -0.4 is 5.32 Å². The summed E-state index contributed by atoms with van der Waals surface area (Å²) in [6, 6.07) is 0. The number of amides is 1. The predicted octanol–water partition coefficient (Wildman–Crippen LogP) is 2.47. The summed E-state index contributed by atoms with van der Waals surface area (Å²) in [5, 5.41) is 2.99. The number of nitrogens with one attached hydrogen (secondary N) is 1. The molecule has 1 rings (SSSR count). The third-order valence-corrected chi connectivity index (χ3v) is 3.58. The quantitative estimate of drug-likeness (QED) is 0.761. The summed E-state index contributed by atoms with van der Waals surface area (Å²) in [7, 11) is 0. The van der Waals surface area contributed by atoms with E-state index in [0.717, 1.165) is 6.54 Å². The van der Waals surface area contributed by atoms with E-state index in [0.29, 0.717) is 5.41 Å². The van der Waals surface area contributed by atoms with E-state index in [1.54, 1.807) is 0 Å². The lowest BCUT2D eigenvalue weighted by Crippen LogP contribution is -2.43. The van der Waals surface area contributed by atoms with Crippen molar-refractivity contribution in [1.82, 2.24) is 5.32 Å². The molecule has 0 heterocycles. The maximum atomic E-state index is 11.3. The van der Waals surface area contributed by atoms with E-state index in [4.69, 9.17) is 0 Å². The van der Waals surface area contributed by atoms with Crippen LogP contribution in [0, 0.1) is 5.41 Å². The van der Waals surface area contributed by atoms with Crippen LogP contribution in [0.3, 0.4) is 0 Å². The molecule has 0 spiro atoms. The molecule has 0 aromatic carbocycles. The molecule has 2 nitrogen and oxygen atoms in total. The second-order valence-electron chi connectivity index (χ2n) is 4.04. The van der Waals surface area contributed by atoms with Crippen molar-refractivity contribution in [2.45, 2.75) is 44.4 Å². The van der Waals surface area contributed by atoms with Crippen LogP contribution >= 0.6 is 15.9 Å². The lowest BCUT2D eigenvalue weighted by atomic mass is 9.67. The van der Waals surface area contributed by atoms with Gasteiger partial charge in [-0.05, 0) is 31.6 Å². The molecule has 1 saturated carbocycles. The van der Waals surface area contributed by atoms with E-state index < -0.39 is 0 Å². The first kappa shape index (κ1) is 11.0. The highest BCUT2D eigenvalue weighted by Gasteiger charge is 2.35. The Kier molecular flexibility index (Phi) is 3.77. The zero-order chi connectivity index (χ0) is 9.90. The van der Waals surface area contributed by atoms with Gasteiger partial charge >= 0.3 is 0 Å². The first-order valence-corrected chi connectivity index (χ1v) is 5.93. The average Bonchev–Trinajstić information content (AvgIpc) is 2.02. The Morgan fingerprint density at radius 2 is 2.23 bits per heavy atom. The molecule has 0 aliphatic heterocycles. The maximum absolute atomic E-state index is 11.3. The minimum Gasteiger partial charge on any atom is -0.355 e. The summed E-state index contributed by atoms with van der Waals surface area (Å²) in [4.78, 5) is 11.2. The zero-order valence-electron chi connectivity index (χ0n) is 8.40. The Morgan fingerprint density at radius 1 is 1.62 bits per heavy atom. The zero-order valence-corrected chi connectivity index (χ0v) is 9.99. The van der Waals surface area contributed by atoms with Crippen molar-refractivity contribution in [2.24, 2.45) is 5.41 Å². The number of carbonyl (C=O) groups excluding carboxylic acids is 1. The van der Waals surface area contributed by atoms with Gasteiger partial charge in [-0.25, -0.2) is 0 Å². The number of carbonyl (C=O) groups is 1. The fraction of sp³-hybridized carbons (Fsp3) is 0.900. The number of halogens is 1. The van der Waals surface area contributed by atoms with Crippen molar-refractivity contribution in [2.75, 3.05) is 6.54 Å². The smallest absolute Gasteiger partial charge is 0.233 e. The van der Waals surface area contributed by atoms with Gasteiger partial charge < -0.3 is 5.32 Å². The number of hydrogen-bond donors (Lipinski definition) is 1. The number of rotatable bonds is 4. The molecule has 1 aliphatic carbocycles. The molecule has 76 valence electrons. The van der Waals surface area contributed by atoms with Crippen molar-refractivity contribution >= 4 is 21.8 Å². The van der Waals surface area contributed by atoms with Gasteiger partial charge in [-0.2, -0.15) is 0 Å². The van der Waals surface area contributed by atoms with Crippen molar-refractivity contribution in [3.05, 3.63) is 0 Å². The van der Waals surface area contributed by atoms with Gasteiger partial charge in [-0.3, -0.25) is 4.79 Å². The highest BCUT2D eigenvalue weighted by Crippen LogP contribution is 2.43. The number of hydrogen-bond acceptors (Lipinski definition) is 1. The molecule has 1 atom stereocenters.